The van der Waals surface area contributed by atoms with E-state index < -0.39 is 0 Å². The molecule has 34 heavy (non-hydrogen) atoms. The Hall–Kier alpha value is -2.32. The van der Waals surface area contributed by atoms with Crippen molar-refractivity contribution in [3.8, 4) is 0 Å². The Bertz CT molecular complexity index is 983. The molecule has 9 heteroatoms. The van der Waals surface area contributed by atoms with Crippen LogP contribution in [0.2, 0.25) is 10.0 Å². The van der Waals surface area contributed by atoms with E-state index in [0.717, 1.165) is 38.0 Å². The monoisotopic (exact) mass is 504 g/mol. The summed E-state index contributed by atoms with van der Waals surface area (Å²) in [5.74, 6) is 0.0448. The van der Waals surface area contributed by atoms with Crippen LogP contribution in [0.5, 0.6) is 0 Å². The van der Waals surface area contributed by atoms with Crippen LogP contribution in [0.3, 0.4) is 0 Å². The van der Waals surface area contributed by atoms with Gasteiger partial charge in [-0.1, -0.05) is 47.5 Å². The van der Waals surface area contributed by atoms with Gasteiger partial charge in [0.2, 0.25) is 0 Å². The summed E-state index contributed by atoms with van der Waals surface area (Å²) in [5.41, 5.74) is 1.80. The molecule has 1 unspecified atom stereocenters. The molecule has 2 N–H and O–H groups in total. The number of carbonyl (C=O) groups excluding carboxylic acids is 2. The number of benzene rings is 2. The van der Waals surface area contributed by atoms with Gasteiger partial charge < -0.3 is 20.3 Å². The zero-order valence-electron chi connectivity index (χ0n) is 19.0. The number of carbonyl (C=O) groups is 2. The molecule has 0 saturated carbocycles. The molecule has 182 valence electrons. The minimum Gasteiger partial charge on any atom is -0.374 e. The second kappa shape index (κ2) is 11.9. The highest BCUT2D eigenvalue weighted by molar-refractivity contribution is 6.42. The van der Waals surface area contributed by atoms with Crippen LogP contribution in [0.25, 0.3) is 0 Å². The molecule has 0 spiro atoms. The van der Waals surface area contributed by atoms with Crippen molar-refractivity contribution in [2.24, 2.45) is 0 Å². The van der Waals surface area contributed by atoms with Crippen LogP contribution in [0, 0.1) is 0 Å². The van der Waals surface area contributed by atoms with E-state index in [1.54, 1.807) is 0 Å². The SMILES string of the molecule is O=C(NCC1CN(Cc2ccc(Cl)c(Cl)c2)CCO1)NC1CCN(C(=O)c2ccccc2)CC1. The highest BCUT2D eigenvalue weighted by Crippen LogP contribution is 2.23. The maximum Gasteiger partial charge on any atom is 0.315 e. The summed E-state index contributed by atoms with van der Waals surface area (Å²) in [6.07, 6.45) is 1.40. The average Bonchev–Trinajstić information content (AvgIpc) is 2.86. The number of amides is 3. The minimum atomic E-state index is -0.196. The number of piperidine rings is 1. The predicted molar refractivity (Wildman–Crippen MR) is 133 cm³/mol. The van der Waals surface area contributed by atoms with Crippen LogP contribution < -0.4 is 10.6 Å². The van der Waals surface area contributed by atoms with Gasteiger partial charge in [-0.05, 0) is 42.7 Å². The molecule has 2 aromatic carbocycles. The number of morpholine rings is 1. The van der Waals surface area contributed by atoms with E-state index in [1.165, 1.54) is 0 Å². The van der Waals surface area contributed by atoms with Crippen molar-refractivity contribution in [1.29, 1.82) is 0 Å². The van der Waals surface area contributed by atoms with Gasteiger partial charge in [0, 0.05) is 50.9 Å². The number of urea groups is 1. The van der Waals surface area contributed by atoms with Gasteiger partial charge >= 0.3 is 6.03 Å². The summed E-state index contributed by atoms with van der Waals surface area (Å²) < 4.78 is 5.84. The van der Waals surface area contributed by atoms with E-state index in [4.69, 9.17) is 27.9 Å². The molecule has 2 heterocycles. The Morgan fingerprint density at radius 1 is 1.00 bits per heavy atom. The maximum atomic E-state index is 12.6. The third kappa shape index (κ3) is 6.85. The van der Waals surface area contributed by atoms with E-state index >= 15 is 0 Å². The Balaban J connectivity index is 1.16. The summed E-state index contributed by atoms with van der Waals surface area (Å²) in [4.78, 5) is 29.1. The van der Waals surface area contributed by atoms with Gasteiger partial charge in [0.25, 0.3) is 5.91 Å². The molecule has 3 amide bonds. The smallest absolute Gasteiger partial charge is 0.315 e. The molecule has 7 nitrogen and oxygen atoms in total. The van der Waals surface area contributed by atoms with Crippen molar-refractivity contribution < 1.29 is 14.3 Å². The van der Waals surface area contributed by atoms with Gasteiger partial charge in [-0.25, -0.2) is 4.79 Å². The number of likely N-dealkylation sites (tertiary alicyclic amines) is 1. The number of hydrogen-bond acceptors (Lipinski definition) is 4. The Morgan fingerprint density at radius 2 is 1.76 bits per heavy atom. The van der Waals surface area contributed by atoms with Gasteiger partial charge in [-0.3, -0.25) is 9.69 Å². The number of rotatable bonds is 6. The highest BCUT2D eigenvalue weighted by Gasteiger charge is 2.25. The Kier molecular flexibility index (Phi) is 8.67. The van der Waals surface area contributed by atoms with Crippen LogP contribution in [0.15, 0.2) is 48.5 Å². The number of halogens is 2. The quantitative estimate of drug-likeness (QED) is 0.627. The van der Waals surface area contributed by atoms with Crippen LogP contribution in [0.1, 0.15) is 28.8 Å². The number of ether oxygens (including phenoxy) is 1. The predicted octanol–water partition coefficient (Wildman–Crippen LogP) is 3.80. The molecule has 2 aromatic rings. The lowest BCUT2D eigenvalue weighted by Gasteiger charge is -2.34. The van der Waals surface area contributed by atoms with Crippen molar-refractivity contribution in [2.75, 3.05) is 39.3 Å². The van der Waals surface area contributed by atoms with Crippen molar-refractivity contribution in [2.45, 2.75) is 31.5 Å². The third-order valence-corrected chi connectivity index (χ3v) is 6.98. The van der Waals surface area contributed by atoms with Gasteiger partial charge in [0.05, 0.1) is 22.8 Å². The maximum absolute atomic E-state index is 12.6. The molecule has 0 radical (unpaired) electrons. The zero-order valence-corrected chi connectivity index (χ0v) is 20.5. The van der Waals surface area contributed by atoms with Gasteiger partial charge in [0.15, 0.2) is 0 Å². The number of nitrogens with zero attached hydrogens (tertiary/aromatic N) is 2. The summed E-state index contributed by atoms with van der Waals surface area (Å²) in [7, 11) is 0. The first kappa shape index (κ1) is 24.8. The molecule has 0 bridgehead atoms. The average molecular weight is 505 g/mol. The summed E-state index contributed by atoms with van der Waals surface area (Å²) in [6, 6.07) is 14.8. The molecule has 4 rings (SSSR count). The first-order valence-electron chi connectivity index (χ1n) is 11.6. The second-order valence-corrected chi connectivity index (χ2v) is 9.58. The fourth-order valence-electron chi connectivity index (χ4n) is 4.38. The summed E-state index contributed by atoms with van der Waals surface area (Å²) >= 11 is 12.1. The second-order valence-electron chi connectivity index (χ2n) is 8.76. The first-order chi connectivity index (χ1) is 16.5. The lowest BCUT2D eigenvalue weighted by Crippen LogP contribution is -2.52. The molecule has 2 fully saturated rings. The van der Waals surface area contributed by atoms with E-state index in [2.05, 4.69) is 15.5 Å². The van der Waals surface area contributed by atoms with Crippen molar-refractivity contribution >= 4 is 35.1 Å². The largest absolute Gasteiger partial charge is 0.374 e. The van der Waals surface area contributed by atoms with E-state index in [-0.39, 0.29) is 24.1 Å². The number of hydrogen-bond donors (Lipinski definition) is 2. The minimum absolute atomic E-state index is 0.0448. The van der Waals surface area contributed by atoms with Crippen LogP contribution in [0.4, 0.5) is 4.79 Å². The van der Waals surface area contributed by atoms with E-state index in [9.17, 15) is 9.59 Å². The zero-order chi connectivity index (χ0) is 23.9. The molecule has 1 atom stereocenters. The van der Waals surface area contributed by atoms with Gasteiger partial charge in [-0.15, -0.1) is 0 Å². The van der Waals surface area contributed by atoms with E-state index in [0.29, 0.717) is 41.8 Å². The standard InChI is InChI=1S/C25H30Cl2N4O3/c26-22-7-6-18(14-23(22)27)16-30-12-13-34-21(17-30)15-28-25(33)29-20-8-10-31(11-9-20)24(32)19-4-2-1-3-5-19/h1-7,14,20-21H,8-13,15-17H2,(H2,28,29,33). The lowest BCUT2D eigenvalue weighted by molar-refractivity contribution is -0.0287. The lowest BCUT2D eigenvalue weighted by atomic mass is 10.0. The van der Waals surface area contributed by atoms with Crippen molar-refractivity contribution in [1.82, 2.24) is 20.4 Å². The molecule has 0 aromatic heterocycles. The van der Waals surface area contributed by atoms with E-state index in [1.807, 2.05) is 53.4 Å². The van der Waals surface area contributed by atoms with Gasteiger partial charge in [0.1, 0.15) is 0 Å². The van der Waals surface area contributed by atoms with Crippen molar-refractivity contribution in [3.63, 3.8) is 0 Å². The van der Waals surface area contributed by atoms with Crippen LogP contribution in [-0.4, -0.2) is 73.2 Å². The number of nitrogens with one attached hydrogen (secondary N) is 2. The van der Waals surface area contributed by atoms with Crippen LogP contribution in [-0.2, 0) is 11.3 Å². The molecular weight excluding hydrogens is 475 g/mol. The topological polar surface area (TPSA) is 73.9 Å². The van der Waals surface area contributed by atoms with Crippen molar-refractivity contribution in [3.05, 3.63) is 69.7 Å². The summed E-state index contributed by atoms with van der Waals surface area (Å²) in [5, 5.41) is 7.08. The fourth-order valence-corrected chi connectivity index (χ4v) is 4.70. The fraction of sp³-hybridized carbons (Fsp3) is 0.440. The molecule has 2 saturated heterocycles. The molecule has 2 aliphatic heterocycles. The molecule has 2 aliphatic rings. The first-order valence-corrected chi connectivity index (χ1v) is 12.4. The van der Waals surface area contributed by atoms with Gasteiger partial charge in [-0.2, -0.15) is 0 Å². The summed E-state index contributed by atoms with van der Waals surface area (Å²) in [6.45, 7) is 4.62. The third-order valence-electron chi connectivity index (χ3n) is 6.24. The Labute approximate surface area is 210 Å². The normalized spacial score (nSPS) is 19.6. The molecular formula is C25H30Cl2N4O3. The highest BCUT2D eigenvalue weighted by atomic mass is 35.5. The Morgan fingerprint density at radius 3 is 2.50 bits per heavy atom. The molecule has 0 aliphatic carbocycles. The van der Waals surface area contributed by atoms with Crippen LogP contribution >= 0.6 is 23.2 Å².